The summed E-state index contributed by atoms with van der Waals surface area (Å²) in [5.74, 6) is 0. The van der Waals surface area contributed by atoms with Crippen LogP contribution in [-0.4, -0.2) is 11.0 Å². The molecule has 2 aromatic carbocycles. The van der Waals surface area contributed by atoms with Crippen molar-refractivity contribution in [1.82, 2.24) is 4.98 Å². The minimum atomic E-state index is -0.279. The maximum absolute atomic E-state index is 12.1. The molecule has 0 saturated carbocycles. The molecule has 0 unspecified atom stereocenters. The fraction of sp³-hybridized carbons (Fsp3) is 0.176. The number of aromatic nitrogens is 1. The van der Waals surface area contributed by atoms with Crippen LogP contribution in [0.1, 0.15) is 16.7 Å². The van der Waals surface area contributed by atoms with Gasteiger partial charge >= 0.3 is 6.03 Å². The van der Waals surface area contributed by atoms with Gasteiger partial charge in [-0.2, -0.15) is 0 Å². The molecule has 0 aliphatic rings. The van der Waals surface area contributed by atoms with E-state index in [0.29, 0.717) is 5.13 Å². The first-order valence-corrected chi connectivity index (χ1v) is 7.85. The fourth-order valence-electron chi connectivity index (χ4n) is 2.41. The number of nitrogens with zero attached hydrogens (tertiary/aromatic N) is 1. The van der Waals surface area contributed by atoms with E-state index in [-0.39, 0.29) is 6.03 Å². The highest BCUT2D eigenvalue weighted by Gasteiger charge is 2.10. The molecule has 2 N–H and O–H groups in total. The monoisotopic (exact) mass is 311 g/mol. The predicted molar refractivity (Wildman–Crippen MR) is 92.9 cm³/mol. The zero-order valence-corrected chi connectivity index (χ0v) is 13.5. The van der Waals surface area contributed by atoms with Gasteiger partial charge in [0.25, 0.3) is 0 Å². The van der Waals surface area contributed by atoms with E-state index in [4.69, 9.17) is 0 Å². The van der Waals surface area contributed by atoms with Crippen LogP contribution in [0, 0.1) is 20.8 Å². The van der Waals surface area contributed by atoms with E-state index in [9.17, 15) is 4.79 Å². The van der Waals surface area contributed by atoms with Gasteiger partial charge in [-0.25, -0.2) is 9.78 Å². The van der Waals surface area contributed by atoms with Crippen molar-refractivity contribution in [1.29, 1.82) is 0 Å². The highest BCUT2D eigenvalue weighted by atomic mass is 32.1. The number of aryl methyl sites for hydroxylation is 3. The lowest BCUT2D eigenvalue weighted by Crippen LogP contribution is -2.19. The number of benzene rings is 2. The van der Waals surface area contributed by atoms with Crippen LogP contribution in [0.3, 0.4) is 0 Å². The summed E-state index contributed by atoms with van der Waals surface area (Å²) < 4.78 is 1.11. The third-order valence-electron chi connectivity index (χ3n) is 3.32. The molecule has 2 amide bonds. The Morgan fingerprint density at radius 3 is 2.64 bits per heavy atom. The number of amides is 2. The number of nitrogens with one attached hydrogen (secondary N) is 2. The molecular weight excluding hydrogens is 294 g/mol. The van der Waals surface area contributed by atoms with Gasteiger partial charge in [0.15, 0.2) is 5.13 Å². The number of carbonyl (C=O) groups excluding carboxylic acids is 1. The smallest absolute Gasteiger partial charge is 0.308 e. The molecule has 1 heterocycles. The summed E-state index contributed by atoms with van der Waals surface area (Å²) in [7, 11) is 0. The number of thiazole rings is 1. The summed E-state index contributed by atoms with van der Waals surface area (Å²) in [5.41, 5.74) is 5.15. The Labute approximate surface area is 133 Å². The average molecular weight is 311 g/mol. The van der Waals surface area contributed by atoms with E-state index >= 15 is 0 Å². The lowest BCUT2D eigenvalue weighted by molar-refractivity contribution is 0.262. The van der Waals surface area contributed by atoms with Crippen LogP contribution in [0.4, 0.5) is 15.6 Å². The zero-order chi connectivity index (χ0) is 15.7. The van der Waals surface area contributed by atoms with Crippen molar-refractivity contribution < 1.29 is 4.79 Å². The van der Waals surface area contributed by atoms with Crippen LogP contribution < -0.4 is 10.6 Å². The van der Waals surface area contributed by atoms with E-state index in [1.165, 1.54) is 22.5 Å². The molecule has 0 saturated heterocycles. The average Bonchev–Trinajstić information content (AvgIpc) is 2.81. The van der Waals surface area contributed by atoms with E-state index in [1.807, 2.05) is 44.2 Å². The number of carbonyl (C=O) groups is 1. The Kier molecular flexibility index (Phi) is 3.81. The third-order valence-corrected chi connectivity index (χ3v) is 4.44. The SMILES string of the molecule is Cc1cccc(NC(=O)Nc2nc3cc(C)cc(C)c3s2)c1. The second kappa shape index (κ2) is 5.77. The van der Waals surface area contributed by atoms with Gasteiger partial charge in [0, 0.05) is 5.69 Å². The molecule has 5 heteroatoms. The lowest BCUT2D eigenvalue weighted by Gasteiger charge is -2.05. The van der Waals surface area contributed by atoms with Crippen LogP contribution in [0.15, 0.2) is 36.4 Å². The summed E-state index contributed by atoms with van der Waals surface area (Å²) in [6.07, 6.45) is 0. The van der Waals surface area contributed by atoms with Gasteiger partial charge in [0.1, 0.15) is 0 Å². The highest BCUT2D eigenvalue weighted by Crippen LogP contribution is 2.29. The summed E-state index contributed by atoms with van der Waals surface area (Å²) in [6.45, 7) is 6.09. The summed E-state index contributed by atoms with van der Waals surface area (Å²) in [6, 6.07) is 11.6. The number of rotatable bonds is 2. The molecule has 112 valence electrons. The van der Waals surface area contributed by atoms with Crippen molar-refractivity contribution in [2.75, 3.05) is 10.6 Å². The molecule has 0 bridgehead atoms. The van der Waals surface area contributed by atoms with Gasteiger partial charge in [-0.3, -0.25) is 5.32 Å². The molecule has 4 nitrogen and oxygen atoms in total. The normalized spacial score (nSPS) is 10.7. The number of hydrogen-bond donors (Lipinski definition) is 2. The van der Waals surface area contributed by atoms with E-state index in [2.05, 4.69) is 28.6 Å². The van der Waals surface area contributed by atoms with Crippen molar-refractivity contribution in [3.8, 4) is 0 Å². The molecule has 0 aliphatic heterocycles. The Balaban J connectivity index is 1.78. The van der Waals surface area contributed by atoms with Crippen molar-refractivity contribution >= 4 is 38.4 Å². The molecular formula is C17H17N3OS. The topological polar surface area (TPSA) is 54.0 Å². The van der Waals surface area contributed by atoms with Gasteiger partial charge in [-0.1, -0.05) is 29.5 Å². The first-order chi connectivity index (χ1) is 10.5. The number of fused-ring (bicyclic) bond motifs is 1. The quantitative estimate of drug-likeness (QED) is 0.709. The minimum absolute atomic E-state index is 0.279. The van der Waals surface area contributed by atoms with Gasteiger partial charge in [-0.15, -0.1) is 0 Å². The Bertz CT molecular complexity index is 854. The molecule has 3 rings (SSSR count). The van der Waals surface area contributed by atoms with Crippen LogP contribution in [0.2, 0.25) is 0 Å². The molecule has 3 aromatic rings. The van der Waals surface area contributed by atoms with E-state index < -0.39 is 0 Å². The third kappa shape index (κ3) is 3.09. The van der Waals surface area contributed by atoms with Crippen molar-refractivity contribution in [3.05, 3.63) is 53.1 Å². The first kappa shape index (κ1) is 14.5. The molecule has 22 heavy (non-hydrogen) atoms. The standard InChI is InChI=1S/C17H17N3OS/c1-10-5-4-6-13(8-10)18-16(21)20-17-19-14-9-11(2)7-12(3)15(14)22-17/h4-9H,1-3H3,(H2,18,19,20,21). The van der Waals surface area contributed by atoms with Crippen LogP contribution in [-0.2, 0) is 0 Å². The number of hydrogen-bond acceptors (Lipinski definition) is 3. The van der Waals surface area contributed by atoms with Crippen molar-refractivity contribution in [2.24, 2.45) is 0 Å². The zero-order valence-electron chi connectivity index (χ0n) is 12.7. The second-order valence-corrected chi connectivity index (χ2v) is 6.40. The molecule has 0 aliphatic carbocycles. The van der Waals surface area contributed by atoms with Gasteiger partial charge in [-0.05, 0) is 55.7 Å². The molecule has 1 aromatic heterocycles. The Hall–Kier alpha value is -2.40. The predicted octanol–water partition coefficient (Wildman–Crippen LogP) is 4.87. The maximum Gasteiger partial charge on any atom is 0.325 e. The van der Waals surface area contributed by atoms with Crippen LogP contribution >= 0.6 is 11.3 Å². The molecule has 0 atom stereocenters. The number of urea groups is 1. The van der Waals surface area contributed by atoms with Crippen molar-refractivity contribution in [2.45, 2.75) is 20.8 Å². The molecule has 0 spiro atoms. The fourth-order valence-corrected chi connectivity index (χ4v) is 3.32. The van der Waals surface area contributed by atoms with Gasteiger partial charge in [0.05, 0.1) is 10.2 Å². The summed E-state index contributed by atoms with van der Waals surface area (Å²) >= 11 is 1.49. The van der Waals surface area contributed by atoms with Crippen molar-refractivity contribution in [3.63, 3.8) is 0 Å². The Morgan fingerprint density at radius 2 is 1.86 bits per heavy atom. The summed E-state index contributed by atoms with van der Waals surface area (Å²) in [5, 5.41) is 6.23. The summed E-state index contributed by atoms with van der Waals surface area (Å²) in [4.78, 5) is 16.5. The highest BCUT2D eigenvalue weighted by molar-refractivity contribution is 7.22. The minimum Gasteiger partial charge on any atom is -0.308 e. The van der Waals surface area contributed by atoms with E-state index in [1.54, 1.807) is 0 Å². The van der Waals surface area contributed by atoms with Crippen LogP contribution in [0.5, 0.6) is 0 Å². The molecule has 0 radical (unpaired) electrons. The maximum atomic E-state index is 12.1. The lowest BCUT2D eigenvalue weighted by atomic mass is 10.1. The Morgan fingerprint density at radius 1 is 1.05 bits per heavy atom. The van der Waals surface area contributed by atoms with Gasteiger partial charge < -0.3 is 5.32 Å². The van der Waals surface area contributed by atoms with Crippen LogP contribution in [0.25, 0.3) is 10.2 Å². The van der Waals surface area contributed by atoms with E-state index in [0.717, 1.165) is 21.5 Å². The largest absolute Gasteiger partial charge is 0.325 e. The number of anilines is 2. The molecule has 0 fully saturated rings. The van der Waals surface area contributed by atoms with Gasteiger partial charge in [0.2, 0.25) is 0 Å². The second-order valence-electron chi connectivity index (χ2n) is 5.40. The first-order valence-electron chi connectivity index (χ1n) is 7.04.